The van der Waals surface area contributed by atoms with E-state index in [4.69, 9.17) is 40.5 Å². The first kappa shape index (κ1) is 14.5. The number of nitrogens with two attached hydrogens (primary N) is 1. The lowest BCUT2D eigenvalue weighted by Gasteiger charge is -2.20. The maximum atomic E-state index is 6.19. The zero-order chi connectivity index (χ0) is 13.8. The van der Waals surface area contributed by atoms with Gasteiger partial charge in [0.15, 0.2) is 0 Å². The highest BCUT2D eigenvalue weighted by Crippen LogP contribution is 2.29. The second kappa shape index (κ2) is 6.49. The van der Waals surface area contributed by atoms with Crippen molar-refractivity contribution in [2.45, 2.75) is 6.04 Å². The van der Waals surface area contributed by atoms with Crippen LogP contribution in [0, 0.1) is 0 Å². The van der Waals surface area contributed by atoms with Crippen LogP contribution in [0.15, 0.2) is 42.5 Å². The van der Waals surface area contributed by atoms with Gasteiger partial charge in [0.25, 0.3) is 0 Å². The third kappa shape index (κ3) is 3.77. The van der Waals surface area contributed by atoms with E-state index in [0.29, 0.717) is 21.6 Å². The van der Waals surface area contributed by atoms with E-state index >= 15 is 0 Å². The van der Waals surface area contributed by atoms with Crippen molar-refractivity contribution in [2.24, 2.45) is 5.73 Å². The summed E-state index contributed by atoms with van der Waals surface area (Å²) in [4.78, 5) is 0. The fraction of sp³-hybridized carbons (Fsp3) is 0.143. The molecule has 0 fully saturated rings. The van der Waals surface area contributed by atoms with Crippen molar-refractivity contribution in [2.75, 3.05) is 11.9 Å². The lowest BCUT2D eigenvalue weighted by atomic mass is 10.1. The van der Waals surface area contributed by atoms with Gasteiger partial charge in [-0.25, -0.2) is 0 Å². The highest BCUT2D eigenvalue weighted by molar-refractivity contribution is 6.33. The minimum atomic E-state index is -0.121. The Labute approximate surface area is 127 Å². The second-order valence-electron chi connectivity index (χ2n) is 4.11. The Morgan fingerprint density at radius 3 is 2.42 bits per heavy atom. The van der Waals surface area contributed by atoms with E-state index in [2.05, 4.69) is 5.32 Å². The molecule has 1 unspecified atom stereocenters. The lowest BCUT2D eigenvalue weighted by molar-refractivity contribution is 0.790. The molecule has 0 radical (unpaired) electrons. The quantitative estimate of drug-likeness (QED) is 0.853. The number of benzene rings is 2. The first-order valence-electron chi connectivity index (χ1n) is 5.77. The topological polar surface area (TPSA) is 38.0 Å². The number of rotatable bonds is 4. The highest BCUT2D eigenvalue weighted by Gasteiger charge is 2.13. The summed E-state index contributed by atoms with van der Waals surface area (Å²) in [5.41, 5.74) is 7.57. The van der Waals surface area contributed by atoms with Gasteiger partial charge in [0.05, 0.1) is 6.04 Å². The molecule has 0 aliphatic heterocycles. The van der Waals surface area contributed by atoms with Gasteiger partial charge in [-0.15, -0.1) is 0 Å². The van der Waals surface area contributed by atoms with Crippen LogP contribution in [0.3, 0.4) is 0 Å². The van der Waals surface area contributed by atoms with E-state index in [-0.39, 0.29) is 6.04 Å². The van der Waals surface area contributed by atoms with Gasteiger partial charge in [0.2, 0.25) is 0 Å². The molecule has 19 heavy (non-hydrogen) atoms. The van der Waals surface area contributed by atoms with Crippen LogP contribution in [0.4, 0.5) is 5.69 Å². The molecular weight excluding hydrogens is 303 g/mol. The first-order valence-corrected chi connectivity index (χ1v) is 6.90. The number of halogens is 3. The van der Waals surface area contributed by atoms with E-state index < -0.39 is 0 Å². The van der Waals surface area contributed by atoms with Crippen LogP contribution in [-0.2, 0) is 0 Å². The van der Waals surface area contributed by atoms with Crippen molar-refractivity contribution in [1.29, 1.82) is 0 Å². The third-order valence-electron chi connectivity index (χ3n) is 2.73. The van der Waals surface area contributed by atoms with E-state index in [1.165, 1.54) is 0 Å². The van der Waals surface area contributed by atoms with Gasteiger partial charge in [-0.2, -0.15) is 0 Å². The summed E-state index contributed by atoms with van der Waals surface area (Å²) in [5.74, 6) is 0. The molecule has 1 atom stereocenters. The molecule has 0 bridgehead atoms. The minimum Gasteiger partial charge on any atom is -0.377 e. The van der Waals surface area contributed by atoms with Crippen molar-refractivity contribution in [3.8, 4) is 0 Å². The fourth-order valence-electron chi connectivity index (χ4n) is 1.82. The molecular formula is C14H13Cl3N2. The SMILES string of the molecule is NCC(Nc1cccc(Cl)c1)c1cc(Cl)ccc1Cl. The highest BCUT2D eigenvalue weighted by atomic mass is 35.5. The fourth-order valence-corrected chi connectivity index (χ4v) is 2.44. The summed E-state index contributed by atoms with van der Waals surface area (Å²) >= 11 is 18.1. The zero-order valence-corrected chi connectivity index (χ0v) is 12.3. The normalized spacial score (nSPS) is 12.2. The smallest absolute Gasteiger partial charge is 0.0651 e. The van der Waals surface area contributed by atoms with E-state index in [1.807, 2.05) is 30.3 Å². The van der Waals surface area contributed by atoms with Crippen LogP contribution in [0.1, 0.15) is 11.6 Å². The summed E-state index contributed by atoms with van der Waals surface area (Å²) in [5, 5.41) is 5.23. The van der Waals surface area contributed by atoms with Crippen molar-refractivity contribution < 1.29 is 0 Å². The number of nitrogens with one attached hydrogen (secondary N) is 1. The molecule has 100 valence electrons. The van der Waals surface area contributed by atoms with Gasteiger partial charge in [0, 0.05) is 27.3 Å². The van der Waals surface area contributed by atoms with Gasteiger partial charge < -0.3 is 11.1 Å². The van der Waals surface area contributed by atoms with Gasteiger partial charge in [0.1, 0.15) is 0 Å². The molecule has 2 aromatic carbocycles. The molecule has 0 saturated carbocycles. The molecule has 5 heteroatoms. The van der Waals surface area contributed by atoms with Crippen LogP contribution >= 0.6 is 34.8 Å². The molecule has 0 aliphatic carbocycles. The van der Waals surface area contributed by atoms with Crippen molar-refractivity contribution in [3.63, 3.8) is 0 Å². The molecule has 3 N–H and O–H groups in total. The van der Waals surface area contributed by atoms with E-state index in [9.17, 15) is 0 Å². The van der Waals surface area contributed by atoms with Gasteiger partial charge in [-0.1, -0.05) is 40.9 Å². The summed E-state index contributed by atoms with van der Waals surface area (Å²) in [6, 6.07) is 12.7. The predicted molar refractivity (Wildman–Crippen MR) is 83.3 cm³/mol. The zero-order valence-electron chi connectivity index (χ0n) is 10.0. The molecule has 0 heterocycles. The molecule has 2 aromatic rings. The average molecular weight is 316 g/mol. The second-order valence-corrected chi connectivity index (χ2v) is 5.39. The molecule has 2 nitrogen and oxygen atoms in total. The number of hydrogen-bond donors (Lipinski definition) is 2. The largest absolute Gasteiger partial charge is 0.377 e. The molecule has 0 amide bonds. The monoisotopic (exact) mass is 314 g/mol. The third-order valence-corrected chi connectivity index (χ3v) is 3.55. The van der Waals surface area contributed by atoms with Crippen LogP contribution in [0.2, 0.25) is 15.1 Å². The Morgan fingerprint density at radius 1 is 1.00 bits per heavy atom. The van der Waals surface area contributed by atoms with Crippen molar-refractivity contribution >= 4 is 40.5 Å². The summed E-state index contributed by atoms with van der Waals surface area (Å²) in [6.07, 6.45) is 0. The Balaban J connectivity index is 2.27. The van der Waals surface area contributed by atoms with E-state index in [1.54, 1.807) is 12.1 Å². The van der Waals surface area contributed by atoms with Crippen LogP contribution in [0.5, 0.6) is 0 Å². The summed E-state index contributed by atoms with van der Waals surface area (Å²) < 4.78 is 0. The Kier molecular flexibility index (Phi) is 4.94. The molecule has 2 rings (SSSR count). The van der Waals surface area contributed by atoms with Gasteiger partial charge >= 0.3 is 0 Å². The minimum absolute atomic E-state index is 0.121. The Bertz CT molecular complexity index is 572. The van der Waals surface area contributed by atoms with E-state index in [0.717, 1.165) is 11.3 Å². The van der Waals surface area contributed by atoms with Crippen molar-refractivity contribution in [3.05, 3.63) is 63.1 Å². The average Bonchev–Trinajstić information content (AvgIpc) is 2.39. The van der Waals surface area contributed by atoms with Gasteiger partial charge in [-0.3, -0.25) is 0 Å². The molecule has 0 aromatic heterocycles. The molecule has 0 saturated heterocycles. The number of anilines is 1. The first-order chi connectivity index (χ1) is 9.10. The standard InChI is InChI=1S/C14H13Cl3N2/c15-9-2-1-3-11(6-9)19-14(8-18)12-7-10(16)4-5-13(12)17/h1-7,14,19H,8,18H2. The summed E-state index contributed by atoms with van der Waals surface area (Å²) in [6.45, 7) is 0.395. The Hall–Kier alpha value is -0.930. The van der Waals surface area contributed by atoms with Crippen LogP contribution in [0.25, 0.3) is 0 Å². The number of hydrogen-bond acceptors (Lipinski definition) is 2. The van der Waals surface area contributed by atoms with Crippen LogP contribution in [-0.4, -0.2) is 6.54 Å². The summed E-state index contributed by atoms with van der Waals surface area (Å²) in [7, 11) is 0. The maximum Gasteiger partial charge on any atom is 0.0651 e. The Morgan fingerprint density at radius 2 is 1.74 bits per heavy atom. The van der Waals surface area contributed by atoms with Crippen molar-refractivity contribution in [1.82, 2.24) is 0 Å². The van der Waals surface area contributed by atoms with Crippen LogP contribution < -0.4 is 11.1 Å². The molecule has 0 spiro atoms. The maximum absolute atomic E-state index is 6.19. The predicted octanol–water partition coefficient (Wildman–Crippen LogP) is 4.76. The lowest BCUT2D eigenvalue weighted by Crippen LogP contribution is -2.21. The molecule has 0 aliphatic rings. The van der Waals surface area contributed by atoms with Gasteiger partial charge in [-0.05, 0) is 42.0 Å².